The lowest BCUT2D eigenvalue weighted by Crippen LogP contribution is -2.43. The average molecular weight is 278 g/mol. The highest BCUT2D eigenvalue weighted by molar-refractivity contribution is 5.95. The molecule has 1 aromatic rings. The third kappa shape index (κ3) is 3.20. The van der Waals surface area contributed by atoms with Gasteiger partial charge in [0.25, 0.3) is 5.91 Å². The Morgan fingerprint density at radius 1 is 1.50 bits per heavy atom. The number of hydrogen-bond donors (Lipinski definition) is 1. The quantitative estimate of drug-likeness (QED) is 0.909. The van der Waals surface area contributed by atoms with Crippen molar-refractivity contribution in [2.24, 2.45) is 13.0 Å². The number of aromatic nitrogens is 2. The van der Waals surface area contributed by atoms with Crippen LogP contribution in [0, 0.1) is 12.8 Å². The highest BCUT2D eigenvalue weighted by Crippen LogP contribution is 2.18. The molecule has 2 heterocycles. The third-order valence-electron chi connectivity index (χ3n) is 4.26. The molecule has 1 aliphatic heterocycles. The largest absolute Gasteiger partial charge is 0.336 e. The number of carbonyl (C=O) groups is 1. The van der Waals surface area contributed by atoms with E-state index >= 15 is 0 Å². The Morgan fingerprint density at radius 3 is 2.65 bits per heavy atom. The number of carbonyl (C=O) groups excluding carboxylic acids is 1. The van der Waals surface area contributed by atoms with Crippen molar-refractivity contribution < 1.29 is 4.79 Å². The van der Waals surface area contributed by atoms with E-state index in [9.17, 15) is 4.79 Å². The van der Waals surface area contributed by atoms with Crippen LogP contribution in [0.4, 0.5) is 0 Å². The first kappa shape index (κ1) is 15.0. The molecule has 0 radical (unpaired) electrons. The minimum Gasteiger partial charge on any atom is -0.336 e. The van der Waals surface area contributed by atoms with Gasteiger partial charge in [-0.1, -0.05) is 0 Å². The normalized spacial score (nSPS) is 16.6. The molecule has 1 N–H and O–H groups in total. The summed E-state index contributed by atoms with van der Waals surface area (Å²) in [6.45, 7) is 9.11. The van der Waals surface area contributed by atoms with Crippen molar-refractivity contribution in [3.05, 3.63) is 17.5 Å². The molecule has 112 valence electrons. The lowest BCUT2D eigenvalue weighted by molar-refractivity contribution is 0.0657. The predicted molar refractivity (Wildman–Crippen MR) is 79.7 cm³/mol. The molecular weight excluding hydrogens is 252 g/mol. The van der Waals surface area contributed by atoms with E-state index in [1.807, 2.05) is 18.9 Å². The molecule has 1 aromatic heterocycles. The SMILES string of the molecule is Cc1c(C(=O)N(CC2CCNCC2)C(C)C)cnn1C. The van der Waals surface area contributed by atoms with Crippen molar-refractivity contribution in [3.63, 3.8) is 0 Å². The zero-order chi connectivity index (χ0) is 14.7. The summed E-state index contributed by atoms with van der Waals surface area (Å²) in [5.74, 6) is 0.726. The van der Waals surface area contributed by atoms with Gasteiger partial charge in [-0.05, 0) is 52.6 Å². The number of rotatable bonds is 4. The van der Waals surface area contributed by atoms with Crippen LogP contribution in [0.5, 0.6) is 0 Å². The predicted octanol–water partition coefficient (Wildman–Crippen LogP) is 1.58. The Labute approximate surface area is 121 Å². The van der Waals surface area contributed by atoms with Crippen molar-refractivity contribution in [2.75, 3.05) is 19.6 Å². The number of hydrogen-bond acceptors (Lipinski definition) is 3. The Morgan fingerprint density at radius 2 is 2.15 bits per heavy atom. The van der Waals surface area contributed by atoms with Gasteiger partial charge in [0.15, 0.2) is 0 Å². The van der Waals surface area contributed by atoms with Crippen LogP contribution in [0.25, 0.3) is 0 Å². The van der Waals surface area contributed by atoms with Gasteiger partial charge in [0, 0.05) is 25.3 Å². The van der Waals surface area contributed by atoms with Crippen molar-refractivity contribution in [2.45, 2.75) is 39.7 Å². The fourth-order valence-electron chi connectivity index (χ4n) is 2.73. The zero-order valence-corrected chi connectivity index (χ0v) is 13.0. The summed E-state index contributed by atoms with van der Waals surface area (Å²) < 4.78 is 1.76. The van der Waals surface area contributed by atoms with Gasteiger partial charge in [0.05, 0.1) is 11.8 Å². The Kier molecular flexibility index (Phi) is 4.81. The summed E-state index contributed by atoms with van der Waals surface area (Å²) >= 11 is 0. The molecule has 1 fully saturated rings. The van der Waals surface area contributed by atoms with Crippen LogP contribution in [0.15, 0.2) is 6.20 Å². The number of nitrogens with one attached hydrogen (secondary N) is 1. The molecule has 0 unspecified atom stereocenters. The maximum absolute atomic E-state index is 12.8. The van der Waals surface area contributed by atoms with E-state index in [0.29, 0.717) is 5.92 Å². The fraction of sp³-hybridized carbons (Fsp3) is 0.733. The van der Waals surface area contributed by atoms with Gasteiger partial charge in [0.1, 0.15) is 0 Å². The molecule has 1 aliphatic rings. The maximum atomic E-state index is 12.8. The number of aryl methyl sites for hydroxylation is 1. The molecular formula is C15H26N4O. The fourth-order valence-corrected chi connectivity index (χ4v) is 2.73. The van der Waals surface area contributed by atoms with Gasteiger partial charge in [-0.15, -0.1) is 0 Å². The first-order valence-electron chi connectivity index (χ1n) is 7.51. The molecule has 2 rings (SSSR count). The topological polar surface area (TPSA) is 50.2 Å². The second-order valence-corrected chi connectivity index (χ2v) is 6.01. The summed E-state index contributed by atoms with van der Waals surface area (Å²) in [7, 11) is 1.87. The van der Waals surface area contributed by atoms with E-state index in [-0.39, 0.29) is 11.9 Å². The third-order valence-corrected chi connectivity index (χ3v) is 4.26. The van der Waals surface area contributed by atoms with E-state index < -0.39 is 0 Å². The average Bonchev–Trinajstić information content (AvgIpc) is 2.76. The summed E-state index contributed by atoms with van der Waals surface area (Å²) in [5.41, 5.74) is 1.67. The van der Waals surface area contributed by atoms with E-state index in [0.717, 1.165) is 43.7 Å². The summed E-state index contributed by atoms with van der Waals surface area (Å²) in [5, 5.41) is 7.56. The molecule has 20 heavy (non-hydrogen) atoms. The molecule has 0 spiro atoms. The molecule has 0 aromatic carbocycles. The second-order valence-electron chi connectivity index (χ2n) is 6.01. The Balaban J connectivity index is 2.11. The van der Waals surface area contributed by atoms with Crippen molar-refractivity contribution in [3.8, 4) is 0 Å². The van der Waals surface area contributed by atoms with Crippen molar-refractivity contribution >= 4 is 5.91 Å². The van der Waals surface area contributed by atoms with Gasteiger partial charge < -0.3 is 10.2 Å². The number of nitrogens with zero attached hydrogens (tertiary/aromatic N) is 3. The maximum Gasteiger partial charge on any atom is 0.257 e. The molecule has 0 saturated carbocycles. The molecule has 5 nitrogen and oxygen atoms in total. The monoisotopic (exact) mass is 278 g/mol. The van der Waals surface area contributed by atoms with Gasteiger partial charge in [-0.3, -0.25) is 9.48 Å². The molecule has 1 saturated heterocycles. The van der Waals surface area contributed by atoms with Crippen LogP contribution in [0.2, 0.25) is 0 Å². The zero-order valence-electron chi connectivity index (χ0n) is 13.0. The first-order chi connectivity index (χ1) is 9.50. The van der Waals surface area contributed by atoms with Crippen molar-refractivity contribution in [1.29, 1.82) is 0 Å². The summed E-state index contributed by atoms with van der Waals surface area (Å²) in [4.78, 5) is 14.8. The van der Waals surface area contributed by atoms with E-state index in [1.54, 1.807) is 10.9 Å². The highest BCUT2D eigenvalue weighted by atomic mass is 16.2. The lowest BCUT2D eigenvalue weighted by Gasteiger charge is -2.32. The smallest absolute Gasteiger partial charge is 0.257 e. The molecule has 0 aliphatic carbocycles. The van der Waals surface area contributed by atoms with Gasteiger partial charge in [0.2, 0.25) is 0 Å². The molecule has 1 amide bonds. The van der Waals surface area contributed by atoms with Crippen LogP contribution in [-0.4, -0.2) is 46.3 Å². The minimum atomic E-state index is 0.115. The standard InChI is InChI=1S/C15H26N4O/c1-11(2)19(10-13-5-7-16-8-6-13)15(20)14-9-17-18(4)12(14)3/h9,11,13,16H,5-8,10H2,1-4H3. The van der Waals surface area contributed by atoms with Crippen LogP contribution >= 0.6 is 0 Å². The minimum absolute atomic E-state index is 0.115. The van der Waals surface area contributed by atoms with E-state index in [1.165, 1.54) is 0 Å². The van der Waals surface area contributed by atoms with Gasteiger partial charge in [-0.2, -0.15) is 5.10 Å². The molecule has 0 bridgehead atoms. The van der Waals surface area contributed by atoms with Crippen LogP contribution in [0.1, 0.15) is 42.7 Å². The van der Waals surface area contributed by atoms with E-state index in [2.05, 4.69) is 24.3 Å². The lowest BCUT2D eigenvalue weighted by atomic mass is 9.96. The number of amides is 1. The molecule has 0 atom stereocenters. The second kappa shape index (κ2) is 6.39. The Hall–Kier alpha value is -1.36. The van der Waals surface area contributed by atoms with Crippen LogP contribution < -0.4 is 5.32 Å². The van der Waals surface area contributed by atoms with Gasteiger partial charge >= 0.3 is 0 Å². The van der Waals surface area contributed by atoms with Crippen LogP contribution in [0.3, 0.4) is 0 Å². The van der Waals surface area contributed by atoms with Crippen molar-refractivity contribution in [1.82, 2.24) is 20.0 Å². The highest BCUT2D eigenvalue weighted by Gasteiger charge is 2.25. The summed E-state index contributed by atoms with van der Waals surface area (Å²) in [6, 6.07) is 0.219. The first-order valence-corrected chi connectivity index (χ1v) is 7.51. The van der Waals surface area contributed by atoms with Crippen LogP contribution in [-0.2, 0) is 7.05 Å². The van der Waals surface area contributed by atoms with Gasteiger partial charge in [-0.25, -0.2) is 0 Å². The summed E-state index contributed by atoms with van der Waals surface area (Å²) in [6.07, 6.45) is 4.00. The molecule has 5 heteroatoms. The Bertz CT molecular complexity index is 460. The number of piperidine rings is 1. The van der Waals surface area contributed by atoms with E-state index in [4.69, 9.17) is 0 Å².